The largest absolute Gasteiger partial charge is 0.376 e. The Bertz CT molecular complexity index is 1290. The van der Waals surface area contributed by atoms with Crippen molar-refractivity contribution >= 4 is 47.9 Å². The summed E-state index contributed by atoms with van der Waals surface area (Å²) < 4.78 is 41.9. The molecule has 0 spiro atoms. The minimum absolute atomic E-state index is 0.0205. The zero-order valence-corrected chi connectivity index (χ0v) is 21.6. The summed E-state index contributed by atoms with van der Waals surface area (Å²) in [4.78, 5) is 17.1. The second kappa shape index (κ2) is 9.54. The zero-order chi connectivity index (χ0) is 24.7. The van der Waals surface area contributed by atoms with Crippen LogP contribution in [-0.2, 0) is 21.7 Å². The lowest BCUT2D eigenvalue weighted by atomic mass is 9.87. The first kappa shape index (κ1) is 25.1. The van der Waals surface area contributed by atoms with E-state index in [1.807, 2.05) is 0 Å². The number of aromatic nitrogens is 2. The monoisotopic (exact) mass is 527 g/mol. The maximum atomic E-state index is 14.9. The van der Waals surface area contributed by atoms with E-state index in [2.05, 4.69) is 29.9 Å². The summed E-state index contributed by atoms with van der Waals surface area (Å²) in [6.45, 7) is 7.44. The summed E-state index contributed by atoms with van der Waals surface area (Å²) in [5.74, 6) is -1.25. The number of rotatable bonds is 8. The fourth-order valence-electron chi connectivity index (χ4n) is 3.76. The normalized spacial score (nSPS) is 15.4. The number of hydrogen-bond acceptors (Lipinski definition) is 5. The topological polar surface area (TPSA) is 65.4 Å². The highest BCUT2D eigenvalue weighted by Gasteiger charge is 2.44. The fraction of sp³-hybridized carbons (Fsp3) is 0.391. The summed E-state index contributed by atoms with van der Waals surface area (Å²) >= 11 is 12.4. The van der Waals surface area contributed by atoms with Crippen molar-refractivity contribution in [3.05, 3.63) is 68.2 Å². The molecule has 1 N–H and O–H groups in total. The van der Waals surface area contributed by atoms with Gasteiger partial charge in [0.25, 0.3) is 5.56 Å². The molecule has 1 aliphatic rings. The second-order valence-electron chi connectivity index (χ2n) is 9.64. The van der Waals surface area contributed by atoms with Gasteiger partial charge in [0.15, 0.2) is 5.82 Å². The van der Waals surface area contributed by atoms with Crippen LogP contribution in [0.3, 0.4) is 0 Å². The summed E-state index contributed by atoms with van der Waals surface area (Å²) in [5, 5.41) is 3.44. The average molecular weight is 528 g/mol. The molecule has 6 nitrogen and oxygen atoms in total. The van der Waals surface area contributed by atoms with Crippen molar-refractivity contribution in [2.45, 2.75) is 38.0 Å². The Labute approximate surface area is 206 Å². The summed E-state index contributed by atoms with van der Waals surface area (Å²) in [7, 11) is -1.27. The van der Waals surface area contributed by atoms with Crippen LogP contribution in [0.5, 0.6) is 0 Å². The van der Waals surface area contributed by atoms with Crippen LogP contribution in [0, 0.1) is 11.6 Å². The number of hydrogen-bond donors (Lipinski definition) is 1. The van der Waals surface area contributed by atoms with Crippen LogP contribution < -0.4 is 10.9 Å². The molecule has 3 aromatic rings. The highest BCUT2D eigenvalue weighted by Crippen LogP contribution is 2.42. The molecule has 11 heteroatoms. The molecular formula is C23H25Cl2F2N3O3Si. The zero-order valence-electron chi connectivity index (χ0n) is 19.1. The molecule has 0 unspecified atom stereocenters. The Kier molecular flexibility index (Phi) is 7.03. The van der Waals surface area contributed by atoms with E-state index in [9.17, 15) is 13.6 Å². The van der Waals surface area contributed by atoms with Crippen molar-refractivity contribution in [3.63, 3.8) is 0 Å². The van der Waals surface area contributed by atoms with Crippen LogP contribution in [0.25, 0.3) is 10.9 Å². The third-order valence-electron chi connectivity index (χ3n) is 5.71. The van der Waals surface area contributed by atoms with E-state index >= 15 is 0 Å². The lowest BCUT2D eigenvalue weighted by molar-refractivity contribution is -0.0462. The first-order valence-electron chi connectivity index (χ1n) is 10.8. The molecule has 0 saturated carbocycles. The number of benzene rings is 2. The van der Waals surface area contributed by atoms with Gasteiger partial charge in [-0.25, -0.2) is 13.8 Å². The van der Waals surface area contributed by atoms with Gasteiger partial charge < -0.3 is 14.8 Å². The number of fused-ring (bicyclic) bond motifs is 1. The lowest BCUT2D eigenvalue weighted by Crippen LogP contribution is -2.53. The van der Waals surface area contributed by atoms with E-state index in [0.717, 1.165) is 6.04 Å². The molecular weight excluding hydrogens is 503 g/mol. The van der Waals surface area contributed by atoms with Crippen LogP contribution >= 0.6 is 23.2 Å². The maximum absolute atomic E-state index is 14.9. The van der Waals surface area contributed by atoms with Gasteiger partial charge in [-0.3, -0.25) is 9.36 Å². The molecule has 34 heavy (non-hydrogen) atoms. The molecule has 0 aliphatic carbocycles. The molecule has 1 fully saturated rings. The molecule has 2 heterocycles. The first-order valence-corrected chi connectivity index (χ1v) is 15.2. The summed E-state index contributed by atoms with van der Waals surface area (Å²) in [6.07, 6.45) is 1.28. The number of anilines is 1. The number of nitrogens with one attached hydrogen (secondary N) is 1. The van der Waals surface area contributed by atoms with Crippen LogP contribution in [0.2, 0.25) is 35.7 Å². The Morgan fingerprint density at radius 2 is 1.94 bits per heavy atom. The van der Waals surface area contributed by atoms with Gasteiger partial charge in [0.1, 0.15) is 29.9 Å². The predicted octanol–water partition coefficient (Wildman–Crippen LogP) is 5.63. The Morgan fingerprint density at radius 3 is 2.59 bits per heavy atom. The number of ether oxygens (including phenoxy) is 2. The Balaban J connectivity index is 1.65. The van der Waals surface area contributed by atoms with Gasteiger partial charge in [-0.1, -0.05) is 42.8 Å². The fourth-order valence-corrected chi connectivity index (χ4v) is 5.01. The van der Waals surface area contributed by atoms with Gasteiger partial charge in [-0.2, -0.15) is 0 Å². The van der Waals surface area contributed by atoms with Crippen molar-refractivity contribution in [1.29, 1.82) is 0 Å². The summed E-state index contributed by atoms with van der Waals surface area (Å²) in [5.41, 5.74) is -1.16. The maximum Gasteiger partial charge on any atom is 0.263 e. The Hall–Kier alpha value is -2.04. The van der Waals surface area contributed by atoms with E-state index < -0.39 is 30.8 Å². The van der Waals surface area contributed by atoms with Crippen LogP contribution in [0.1, 0.15) is 5.56 Å². The molecule has 1 aliphatic heterocycles. The number of halogens is 4. The quantitative estimate of drug-likeness (QED) is 0.233. The molecule has 4 rings (SSSR count). The van der Waals surface area contributed by atoms with Crippen LogP contribution in [0.4, 0.5) is 14.5 Å². The smallest absolute Gasteiger partial charge is 0.263 e. The van der Waals surface area contributed by atoms with Crippen molar-refractivity contribution in [2.24, 2.45) is 0 Å². The van der Waals surface area contributed by atoms with Gasteiger partial charge in [-0.05, 0) is 30.3 Å². The SMILES string of the molecule is C[Si](C)(C)CCOCn1cnc2c(F)cc(NC3(c4c(F)ccc(Cl)c4Cl)COC3)cc2c1=O. The van der Waals surface area contributed by atoms with E-state index in [4.69, 9.17) is 32.7 Å². The third kappa shape index (κ3) is 4.99. The van der Waals surface area contributed by atoms with Gasteiger partial charge in [0.05, 0.1) is 28.6 Å². The van der Waals surface area contributed by atoms with E-state index in [-0.39, 0.29) is 52.1 Å². The van der Waals surface area contributed by atoms with Gasteiger partial charge in [0.2, 0.25) is 0 Å². The number of nitrogens with zero attached hydrogens (tertiary/aromatic N) is 2. The molecule has 182 valence electrons. The van der Waals surface area contributed by atoms with Gasteiger partial charge in [0, 0.05) is 25.9 Å². The average Bonchev–Trinajstić information content (AvgIpc) is 2.73. The molecule has 0 atom stereocenters. The van der Waals surface area contributed by atoms with E-state index in [1.165, 1.54) is 35.2 Å². The minimum Gasteiger partial charge on any atom is -0.376 e. The van der Waals surface area contributed by atoms with Crippen LogP contribution in [-0.4, -0.2) is 37.4 Å². The van der Waals surface area contributed by atoms with Crippen molar-refractivity contribution in [3.8, 4) is 0 Å². The lowest BCUT2D eigenvalue weighted by Gasteiger charge is -2.43. The molecule has 1 saturated heterocycles. The highest BCUT2D eigenvalue weighted by atomic mass is 35.5. The second-order valence-corrected chi connectivity index (χ2v) is 16.0. The van der Waals surface area contributed by atoms with Crippen molar-refractivity contribution in [2.75, 3.05) is 25.1 Å². The first-order chi connectivity index (χ1) is 16.0. The molecule has 2 aromatic carbocycles. The van der Waals surface area contributed by atoms with Crippen molar-refractivity contribution < 1.29 is 18.3 Å². The van der Waals surface area contributed by atoms with Crippen LogP contribution in [0.15, 0.2) is 35.4 Å². The van der Waals surface area contributed by atoms with Crippen molar-refractivity contribution in [1.82, 2.24) is 9.55 Å². The highest BCUT2D eigenvalue weighted by molar-refractivity contribution is 6.76. The third-order valence-corrected chi connectivity index (χ3v) is 8.22. The molecule has 1 aromatic heterocycles. The van der Waals surface area contributed by atoms with E-state index in [0.29, 0.717) is 6.61 Å². The molecule has 0 amide bonds. The molecule has 0 bridgehead atoms. The molecule has 0 radical (unpaired) electrons. The predicted molar refractivity (Wildman–Crippen MR) is 133 cm³/mol. The Morgan fingerprint density at radius 1 is 1.21 bits per heavy atom. The standard InChI is InChI=1S/C23H25Cl2F2N3O3Si/c1-34(2,3)7-6-32-13-30-12-28-21-15(22(30)31)8-14(9-18(21)27)29-23(10-33-11-23)19-17(26)5-4-16(24)20(19)25/h4-5,8-9,12,29H,6-7,10-11,13H2,1-3H3. The summed E-state index contributed by atoms with van der Waals surface area (Å²) in [6, 6.07) is 6.24. The van der Waals surface area contributed by atoms with Gasteiger partial charge in [-0.15, -0.1) is 0 Å². The minimum atomic E-state index is -1.27. The van der Waals surface area contributed by atoms with Gasteiger partial charge >= 0.3 is 0 Å². The van der Waals surface area contributed by atoms with E-state index in [1.54, 1.807) is 0 Å².